The van der Waals surface area contributed by atoms with Crippen molar-refractivity contribution in [2.75, 3.05) is 0 Å². The van der Waals surface area contributed by atoms with Crippen molar-refractivity contribution in [2.24, 2.45) is 5.41 Å². The first-order valence-corrected chi connectivity index (χ1v) is 13.1. The highest BCUT2D eigenvalue weighted by Gasteiger charge is 2.48. The second kappa shape index (κ2) is 8.62. The maximum absolute atomic E-state index is 13.8. The van der Waals surface area contributed by atoms with E-state index in [1.165, 1.54) is 16.9 Å². The Hall–Kier alpha value is -2.40. The van der Waals surface area contributed by atoms with Gasteiger partial charge in [-0.2, -0.15) is 18.3 Å². The van der Waals surface area contributed by atoms with Gasteiger partial charge in [0, 0.05) is 11.3 Å². The number of aliphatic carboxylic acids is 1. The van der Waals surface area contributed by atoms with Crippen LogP contribution < -0.4 is 4.72 Å². The number of halogens is 3. The van der Waals surface area contributed by atoms with Crippen LogP contribution in [0, 0.1) is 5.41 Å². The Balaban J connectivity index is 1.70. The minimum Gasteiger partial charge on any atom is -0.480 e. The number of sulfonamides is 1. The van der Waals surface area contributed by atoms with E-state index in [-0.39, 0.29) is 12.0 Å². The van der Waals surface area contributed by atoms with Crippen LogP contribution in [-0.4, -0.2) is 29.3 Å². The fourth-order valence-electron chi connectivity index (χ4n) is 5.22. The molecule has 0 aliphatic heterocycles. The van der Waals surface area contributed by atoms with Crippen LogP contribution >= 0.6 is 0 Å². The molecule has 192 valence electrons. The van der Waals surface area contributed by atoms with Crippen molar-refractivity contribution < 1.29 is 31.5 Å². The van der Waals surface area contributed by atoms with Gasteiger partial charge in [-0.05, 0) is 73.1 Å². The Morgan fingerprint density at radius 1 is 1.23 bits per heavy atom. The van der Waals surface area contributed by atoms with Gasteiger partial charge in [0.2, 0.25) is 10.0 Å². The lowest BCUT2D eigenvalue weighted by Gasteiger charge is -2.28. The Bertz CT molecular complexity index is 1240. The van der Waals surface area contributed by atoms with E-state index in [1.807, 2.05) is 20.8 Å². The largest absolute Gasteiger partial charge is 0.480 e. The minimum absolute atomic E-state index is 0.128. The minimum atomic E-state index is -4.69. The molecule has 2 aromatic rings. The van der Waals surface area contributed by atoms with Gasteiger partial charge in [-0.3, -0.25) is 9.48 Å². The molecule has 0 bridgehead atoms. The van der Waals surface area contributed by atoms with Crippen molar-refractivity contribution in [3.63, 3.8) is 0 Å². The average molecular weight is 514 g/mol. The number of rotatable bonds is 7. The maximum Gasteiger partial charge on any atom is 0.416 e. The lowest BCUT2D eigenvalue weighted by molar-refractivity contribution is -0.138. The summed E-state index contributed by atoms with van der Waals surface area (Å²) in [4.78, 5) is 10.7. The third kappa shape index (κ3) is 5.55. The first kappa shape index (κ1) is 25.7. The number of hydrogen-bond donors (Lipinski definition) is 2. The van der Waals surface area contributed by atoms with E-state index in [0.29, 0.717) is 61.4 Å². The zero-order chi connectivity index (χ0) is 25.8. The molecule has 0 radical (unpaired) electrons. The second-order valence-corrected chi connectivity index (χ2v) is 12.6. The van der Waals surface area contributed by atoms with Gasteiger partial charge in [0.25, 0.3) is 0 Å². The topological polar surface area (TPSA) is 101 Å². The summed E-state index contributed by atoms with van der Waals surface area (Å²) in [6, 6.07) is 2.46. The summed E-state index contributed by atoms with van der Waals surface area (Å²) in [5.41, 5.74) is 0.0180. The Morgan fingerprint density at radius 2 is 1.91 bits per heavy atom. The molecule has 0 amide bonds. The number of carbonyl (C=O) groups is 1. The highest BCUT2D eigenvalue weighted by molar-refractivity contribution is 7.89. The molecule has 35 heavy (non-hydrogen) atoms. The number of hydrogen-bond acceptors (Lipinski definition) is 4. The number of nitrogens with one attached hydrogen (secondary N) is 1. The Kier molecular flexibility index (Phi) is 6.32. The first-order chi connectivity index (χ1) is 16.1. The standard InChI is InChI=1S/C24H30F3N3O4S/c1-22(2,3)14-23(7-8-23)15-9-16(24(25,26)27)11-17(10-15)35(33,34)29-19-5-4-6-20-18(19)12-28-30(20)13-21(31)32/h9-12,19,29H,4-8,13-14H2,1-3H3,(H,31,32)/t19-/m1/s1. The van der Waals surface area contributed by atoms with E-state index in [2.05, 4.69) is 9.82 Å². The SMILES string of the molecule is CC(C)(C)CC1(c2cc(C(F)(F)F)cc(S(=O)(=O)N[C@@H]3CCCc4c3cnn4CC(=O)O)c2)CC1. The molecule has 1 heterocycles. The maximum atomic E-state index is 13.8. The van der Waals surface area contributed by atoms with Crippen LogP contribution in [0.15, 0.2) is 29.3 Å². The van der Waals surface area contributed by atoms with Gasteiger partial charge in [0.15, 0.2) is 0 Å². The van der Waals surface area contributed by atoms with Gasteiger partial charge in [0.1, 0.15) is 6.54 Å². The summed E-state index contributed by atoms with van der Waals surface area (Å²) in [5, 5.41) is 13.2. The molecular formula is C24H30F3N3O4S. The molecular weight excluding hydrogens is 483 g/mol. The van der Waals surface area contributed by atoms with Crippen molar-refractivity contribution in [2.45, 2.75) is 88.4 Å². The molecule has 0 saturated heterocycles. The Morgan fingerprint density at radius 3 is 2.49 bits per heavy atom. The van der Waals surface area contributed by atoms with E-state index < -0.39 is 44.1 Å². The van der Waals surface area contributed by atoms with Gasteiger partial charge in [-0.15, -0.1) is 0 Å². The predicted molar refractivity (Wildman–Crippen MR) is 122 cm³/mol. The summed E-state index contributed by atoms with van der Waals surface area (Å²) >= 11 is 0. The van der Waals surface area contributed by atoms with E-state index in [0.717, 1.165) is 6.07 Å². The molecule has 0 spiro atoms. The second-order valence-electron chi connectivity index (χ2n) is 10.9. The van der Waals surface area contributed by atoms with E-state index in [9.17, 15) is 26.4 Å². The lowest BCUT2D eigenvalue weighted by atomic mass is 9.79. The number of alkyl halides is 3. The summed E-state index contributed by atoms with van der Waals surface area (Å²) in [6.07, 6.45) is 0.408. The van der Waals surface area contributed by atoms with Gasteiger partial charge in [-0.25, -0.2) is 13.1 Å². The van der Waals surface area contributed by atoms with E-state index in [4.69, 9.17) is 5.11 Å². The van der Waals surface area contributed by atoms with Crippen LogP contribution in [0.2, 0.25) is 0 Å². The van der Waals surface area contributed by atoms with Crippen molar-refractivity contribution in [1.82, 2.24) is 14.5 Å². The smallest absolute Gasteiger partial charge is 0.416 e. The molecule has 0 unspecified atom stereocenters. The molecule has 1 aromatic carbocycles. The number of carboxylic acids is 1. The van der Waals surface area contributed by atoms with Crippen LogP contribution in [0.4, 0.5) is 13.2 Å². The average Bonchev–Trinajstić information content (AvgIpc) is 3.37. The van der Waals surface area contributed by atoms with E-state index in [1.54, 1.807) is 0 Å². The number of carboxylic acid groups (broad SMARTS) is 1. The van der Waals surface area contributed by atoms with Crippen LogP contribution in [-0.2, 0) is 39.4 Å². The zero-order valence-electron chi connectivity index (χ0n) is 19.9. The van der Waals surface area contributed by atoms with Gasteiger partial charge >= 0.3 is 12.1 Å². The monoisotopic (exact) mass is 513 g/mol. The lowest BCUT2D eigenvalue weighted by Crippen LogP contribution is -2.32. The third-order valence-electron chi connectivity index (χ3n) is 6.72. The molecule has 11 heteroatoms. The predicted octanol–water partition coefficient (Wildman–Crippen LogP) is 4.81. The molecule has 2 aliphatic rings. The third-order valence-corrected chi connectivity index (χ3v) is 8.18. The van der Waals surface area contributed by atoms with Crippen LogP contribution in [0.1, 0.15) is 81.3 Å². The summed E-state index contributed by atoms with van der Waals surface area (Å²) < 4.78 is 71.9. The highest BCUT2D eigenvalue weighted by Crippen LogP contribution is 2.55. The number of fused-ring (bicyclic) bond motifs is 1. The van der Waals surface area contributed by atoms with Gasteiger partial charge in [0.05, 0.1) is 22.7 Å². The summed E-state index contributed by atoms with van der Waals surface area (Å²) in [6.45, 7) is 5.71. The van der Waals surface area contributed by atoms with Crippen LogP contribution in [0.5, 0.6) is 0 Å². The summed E-state index contributed by atoms with van der Waals surface area (Å²) in [5.74, 6) is -1.07. The molecule has 1 saturated carbocycles. The fraction of sp³-hybridized carbons (Fsp3) is 0.583. The molecule has 2 aliphatic carbocycles. The fourth-order valence-corrected chi connectivity index (χ4v) is 6.54. The normalized spacial score (nSPS) is 19.9. The van der Waals surface area contributed by atoms with Crippen molar-refractivity contribution in [1.29, 1.82) is 0 Å². The van der Waals surface area contributed by atoms with Crippen LogP contribution in [0.3, 0.4) is 0 Å². The first-order valence-electron chi connectivity index (χ1n) is 11.6. The molecule has 1 fully saturated rings. The molecule has 2 N–H and O–H groups in total. The van der Waals surface area contributed by atoms with Crippen molar-refractivity contribution in [3.8, 4) is 0 Å². The van der Waals surface area contributed by atoms with Crippen molar-refractivity contribution in [3.05, 3.63) is 46.8 Å². The highest BCUT2D eigenvalue weighted by atomic mass is 32.2. The number of nitrogens with zero attached hydrogens (tertiary/aromatic N) is 2. The molecule has 1 aromatic heterocycles. The van der Waals surface area contributed by atoms with Gasteiger partial charge < -0.3 is 5.11 Å². The zero-order valence-corrected chi connectivity index (χ0v) is 20.8. The number of benzene rings is 1. The van der Waals surface area contributed by atoms with Crippen molar-refractivity contribution >= 4 is 16.0 Å². The van der Waals surface area contributed by atoms with Gasteiger partial charge in [-0.1, -0.05) is 20.8 Å². The molecule has 7 nitrogen and oxygen atoms in total. The molecule has 1 atom stereocenters. The quantitative estimate of drug-likeness (QED) is 0.553. The van der Waals surface area contributed by atoms with E-state index >= 15 is 0 Å². The summed E-state index contributed by atoms with van der Waals surface area (Å²) in [7, 11) is -4.30. The molecule has 4 rings (SSSR count). The van der Waals surface area contributed by atoms with Crippen LogP contribution in [0.25, 0.3) is 0 Å². The Labute approximate surface area is 202 Å². The number of aromatic nitrogens is 2.